The Morgan fingerprint density at radius 3 is 2.42 bits per heavy atom. The number of phenolic OH excluding ortho intramolecular Hbond substituents is 1. The molecule has 6 heteroatoms. The summed E-state index contributed by atoms with van der Waals surface area (Å²) in [4.78, 5) is 17.1. The molecule has 1 amide bonds. The van der Waals surface area contributed by atoms with Crippen molar-refractivity contribution >= 4 is 17.2 Å². The molecule has 1 atom stereocenters. The van der Waals surface area contributed by atoms with E-state index in [1.807, 2.05) is 31.2 Å². The minimum atomic E-state index is -0.974. The number of thiazole rings is 1. The summed E-state index contributed by atoms with van der Waals surface area (Å²) in [5.41, 5.74) is 2.15. The van der Waals surface area contributed by atoms with Gasteiger partial charge in [-0.05, 0) is 31.5 Å². The van der Waals surface area contributed by atoms with Crippen LogP contribution in [0.1, 0.15) is 28.5 Å². The Labute approximate surface area is 156 Å². The van der Waals surface area contributed by atoms with Crippen molar-refractivity contribution in [1.82, 2.24) is 10.3 Å². The maximum Gasteiger partial charge on any atom is 0.271 e. The summed E-state index contributed by atoms with van der Waals surface area (Å²) in [7, 11) is 0. The fraction of sp³-hybridized carbons (Fsp3) is 0.200. The molecule has 1 heterocycles. The number of hydrogen-bond acceptors (Lipinski definition) is 5. The summed E-state index contributed by atoms with van der Waals surface area (Å²) in [6.07, 6.45) is 0. The number of aryl methyl sites for hydroxylation is 1. The summed E-state index contributed by atoms with van der Waals surface area (Å²) in [5.74, 6) is -0.230. The molecule has 134 valence electrons. The molecular formula is C20H20N2O3S. The summed E-state index contributed by atoms with van der Waals surface area (Å²) in [5, 5.41) is 24.6. The Kier molecular flexibility index (Phi) is 5.06. The maximum absolute atomic E-state index is 12.6. The van der Waals surface area contributed by atoms with Crippen LogP contribution in [0.3, 0.4) is 0 Å². The highest BCUT2D eigenvalue weighted by Crippen LogP contribution is 2.26. The van der Waals surface area contributed by atoms with Crippen molar-refractivity contribution in [2.24, 2.45) is 0 Å². The van der Waals surface area contributed by atoms with Crippen molar-refractivity contribution in [3.05, 3.63) is 70.7 Å². The molecule has 3 N–H and O–H groups in total. The maximum atomic E-state index is 12.6. The lowest BCUT2D eigenvalue weighted by Crippen LogP contribution is -2.46. The van der Waals surface area contributed by atoms with E-state index in [1.165, 1.54) is 23.5 Å². The Bertz CT molecular complexity index is 904. The fourth-order valence-corrected chi connectivity index (χ4v) is 3.36. The van der Waals surface area contributed by atoms with Crippen LogP contribution in [0.15, 0.2) is 53.9 Å². The topological polar surface area (TPSA) is 82.5 Å². The van der Waals surface area contributed by atoms with E-state index in [0.29, 0.717) is 11.3 Å². The van der Waals surface area contributed by atoms with Gasteiger partial charge in [-0.15, -0.1) is 11.3 Å². The lowest BCUT2D eigenvalue weighted by atomic mass is 9.92. The van der Waals surface area contributed by atoms with Gasteiger partial charge in [0, 0.05) is 10.9 Å². The zero-order valence-electron chi connectivity index (χ0n) is 14.6. The zero-order valence-corrected chi connectivity index (χ0v) is 15.4. The number of rotatable bonds is 5. The molecule has 0 radical (unpaired) electrons. The van der Waals surface area contributed by atoms with Gasteiger partial charge in [0.1, 0.15) is 16.5 Å². The Morgan fingerprint density at radius 1 is 1.15 bits per heavy atom. The quantitative estimate of drug-likeness (QED) is 0.644. The normalized spacial score (nSPS) is 13.2. The molecule has 0 saturated heterocycles. The third kappa shape index (κ3) is 3.76. The van der Waals surface area contributed by atoms with Gasteiger partial charge in [0.05, 0.1) is 12.1 Å². The van der Waals surface area contributed by atoms with Crippen LogP contribution in [0.4, 0.5) is 0 Å². The standard InChI is InChI=1S/C20H20N2O3S/c1-13-3-5-14(6-4-13)19-21-17(11-26-19)18(25)22-20(2,12-23)15-7-9-16(24)10-8-15/h3-11,23-24H,12H2,1-2H3,(H,22,25). The number of nitrogens with one attached hydrogen (secondary N) is 1. The number of aromatic hydroxyl groups is 1. The number of aromatic nitrogens is 1. The summed E-state index contributed by atoms with van der Waals surface area (Å²) < 4.78 is 0. The van der Waals surface area contributed by atoms with Gasteiger partial charge in [-0.3, -0.25) is 4.79 Å². The first-order valence-electron chi connectivity index (χ1n) is 8.17. The Hall–Kier alpha value is -2.70. The molecule has 2 aromatic carbocycles. The van der Waals surface area contributed by atoms with Crippen LogP contribution in [0.2, 0.25) is 0 Å². The van der Waals surface area contributed by atoms with Gasteiger partial charge in [-0.2, -0.15) is 0 Å². The predicted molar refractivity (Wildman–Crippen MR) is 102 cm³/mol. The number of phenols is 1. The van der Waals surface area contributed by atoms with Gasteiger partial charge in [-0.1, -0.05) is 42.0 Å². The molecule has 0 bridgehead atoms. The van der Waals surface area contributed by atoms with Gasteiger partial charge in [0.2, 0.25) is 0 Å². The first-order chi connectivity index (χ1) is 12.4. The minimum absolute atomic E-state index is 0.127. The van der Waals surface area contributed by atoms with Gasteiger partial charge >= 0.3 is 0 Å². The van der Waals surface area contributed by atoms with Gasteiger partial charge in [-0.25, -0.2) is 4.98 Å². The van der Waals surface area contributed by atoms with Crippen molar-refractivity contribution in [2.75, 3.05) is 6.61 Å². The molecule has 0 spiro atoms. The molecule has 26 heavy (non-hydrogen) atoms. The summed E-state index contributed by atoms with van der Waals surface area (Å²) in [6.45, 7) is 3.46. The second-order valence-electron chi connectivity index (χ2n) is 6.40. The van der Waals surface area contributed by atoms with E-state index in [1.54, 1.807) is 24.4 Å². The van der Waals surface area contributed by atoms with Crippen LogP contribution in [-0.4, -0.2) is 27.7 Å². The van der Waals surface area contributed by atoms with Gasteiger partial charge in [0.25, 0.3) is 5.91 Å². The largest absolute Gasteiger partial charge is 0.508 e. The van der Waals surface area contributed by atoms with E-state index >= 15 is 0 Å². The van der Waals surface area contributed by atoms with E-state index in [0.717, 1.165) is 16.1 Å². The number of nitrogens with zero attached hydrogens (tertiary/aromatic N) is 1. The van der Waals surface area contributed by atoms with Crippen molar-refractivity contribution in [1.29, 1.82) is 0 Å². The van der Waals surface area contributed by atoms with Gasteiger partial charge < -0.3 is 15.5 Å². The van der Waals surface area contributed by atoms with Crippen LogP contribution < -0.4 is 5.32 Å². The van der Waals surface area contributed by atoms with Crippen LogP contribution in [-0.2, 0) is 5.54 Å². The van der Waals surface area contributed by atoms with E-state index < -0.39 is 5.54 Å². The molecule has 0 fully saturated rings. The van der Waals surface area contributed by atoms with Crippen molar-refractivity contribution in [3.8, 4) is 16.3 Å². The van der Waals surface area contributed by atoms with Crippen LogP contribution >= 0.6 is 11.3 Å². The lowest BCUT2D eigenvalue weighted by Gasteiger charge is -2.29. The second kappa shape index (κ2) is 7.27. The molecule has 3 aromatic rings. The molecule has 0 aliphatic rings. The van der Waals surface area contributed by atoms with E-state index in [4.69, 9.17) is 0 Å². The van der Waals surface area contributed by atoms with E-state index in [9.17, 15) is 15.0 Å². The molecule has 0 aliphatic heterocycles. The molecule has 1 aromatic heterocycles. The number of carbonyl (C=O) groups excluding carboxylic acids is 1. The average molecular weight is 368 g/mol. The lowest BCUT2D eigenvalue weighted by molar-refractivity contribution is 0.0845. The highest BCUT2D eigenvalue weighted by molar-refractivity contribution is 7.13. The van der Waals surface area contributed by atoms with E-state index in [-0.39, 0.29) is 18.3 Å². The SMILES string of the molecule is Cc1ccc(-c2nc(C(=O)NC(C)(CO)c3ccc(O)cc3)cs2)cc1. The summed E-state index contributed by atoms with van der Waals surface area (Å²) in [6, 6.07) is 14.3. The van der Waals surface area contributed by atoms with Crippen molar-refractivity contribution < 1.29 is 15.0 Å². The molecule has 3 rings (SSSR count). The number of benzene rings is 2. The molecular weight excluding hydrogens is 348 g/mol. The van der Waals surface area contributed by atoms with Crippen LogP contribution in [0.5, 0.6) is 5.75 Å². The third-order valence-corrected chi connectivity index (χ3v) is 5.14. The number of aliphatic hydroxyl groups is 1. The second-order valence-corrected chi connectivity index (χ2v) is 7.25. The third-order valence-electron chi connectivity index (χ3n) is 4.25. The van der Waals surface area contributed by atoms with Crippen molar-refractivity contribution in [3.63, 3.8) is 0 Å². The highest BCUT2D eigenvalue weighted by Gasteiger charge is 2.29. The van der Waals surface area contributed by atoms with Crippen molar-refractivity contribution in [2.45, 2.75) is 19.4 Å². The fourth-order valence-electron chi connectivity index (χ4n) is 2.55. The van der Waals surface area contributed by atoms with Crippen LogP contribution in [0.25, 0.3) is 10.6 Å². The Morgan fingerprint density at radius 2 is 1.81 bits per heavy atom. The smallest absolute Gasteiger partial charge is 0.271 e. The van der Waals surface area contributed by atoms with Gasteiger partial charge in [0.15, 0.2) is 0 Å². The predicted octanol–water partition coefficient (Wildman–Crippen LogP) is 3.46. The molecule has 1 unspecified atom stereocenters. The molecule has 0 saturated carbocycles. The Balaban J connectivity index is 1.80. The average Bonchev–Trinajstić information content (AvgIpc) is 3.13. The monoisotopic (exact) mass is 368 g/mol. The zero-order chi connectivity index (χ0) is 18.7. The highest BCUT2D eigenvalue weighted by atomic mass is 32.1. The first-order valence-corrected chi connectivity index (χ1v) is 9.05. The number of hydrogen-bond donors (Lipinski definition) is 3. The minimum Gasteiger partial charge on any atom is -0.508 e. The molecule has 0 aliphatic carbocycles. The van der Waals surface area contributed by atoms with E-state index in [2.05, 4.69) is 10.3 Å². The number of carbonyl (C=O) groups is 1. The number of aliphatic hydroxyl groups excluding tert-OH is 1. The first kappa shape index (κ1) is 18.1. The van der Waals surface area contributed by atoms with Crippen LogP contribution in [0, 0.1) is 6.92 Å². The summed E-state index contributed by atoms with van der Waals surface area (Å²) >= 11 is 1.40. The number of amides is 1. The molecule has 5 nitrogen and oxygen atoms in total.